The Morgan fingerprint density at radius 2 is 2.23 bits per heavy atom. The van der Waals surface area contributed by atoms with Gasteiger partial charge in [0.2, 0.25) is 0 Å². The lowest BCUT2D eigenvalue weighted by molar-refractivity contribution is -0.0295. The molecule has 3 aromatic rings. The number of nitrogens with one attached hydrogen (secondary N) is 1. The first-order valence-electron chi connectivity index (χ1n) is 10.4. The van der Waals surface area contributed by atoms with Crippen molar-refractivity contribution in [3.63, 3.8) is 0 Å². The number of pyridine rings is 1. The zero-order valence-electron chi connectivity index (χ0n) is 18.0. The van der Waals surface area contributed by atoms with E-state index in [4.69, 9.17) is 9.15 Å². The molecule has 4 heterocycles. The minimum Gasteiger partial charge on any atom is -0.463 e. The summed E-state index contributed by atoms with van der Waals surface area (Å²) in [5, 5.41) is 8.27. The quantitative estimate of drug-likeness (QED) is 0.671. The molecule has 160 valence electrons. The molecule has 0 aromatic carbocycles. The third kappa shape index (κ3) is 4.24. The Hall–Kier alpha value is -2.71. The fourth-order valence-corrected chi connectivity index (χ4v) is 4.06. The van der Waals surface area contributed by atoms with Gasteiger partial charge in [0.1, 0.15) is 5.69 Å². The molecular formula is C22H29N5O3. The predicted molar refractivity (Wildman–Crippen MR) is 114 cm³/mol. The van der Waals surface area contributed by atoms with E-state index >= 15 is 0 Å². The van der Waals surface area contributed by atoms with Crippen LogP contribution >= 0.6 is 0 Å². The SMILES string of the molecule is Cc1nn(C)c2nc(-c3ccco3)cc(C(=O)NCC3CN(CC(C)C)CCO3)c12. The summed E-state index contributed by atoms with van der Waals surface area (Å²) in [6.07, 6.45) is 1.58. The number of amides is 1. The Morgan fingerprint density at radius 1 is 1.40 bits per heavy atom. The van der Waals surface area contributed by atoms with Crippen LogP contribution in [0.1, 0.15) is 29.9 Å². The third-order valence-corrected chi connectivity index (χ3v) is 5.32. The van der Waals surface area contributed by atoms with Crippen LogP contribution in [0.15, 0.2) is 28.9 Å². The number of furan rings is 1. The summed E-state index contributed by atoms with van der Waals surface area (Å²) in [6, 6.07) is 5.41. The van der Waals surface area contributed by atoms with Crippen LogP contribution in [0.2, 0.25) is 0 Å². The van der Waals surface area contributed by atoms with E-state index in [1.54, 1.807) is 23.1 Å². The van der Waals surface area contributed by atoms with Crippen molar-refractivity contribution in [2.24, 2.45) is 13.0 Å². The van der Waals surface area contributed by atoms with Gasteiger partial charge in [-0.25, -0.2) is 4.98 Å². The number of nitrogens with zero attached hydrogens (tertiary/aromatic N) is 4. The van der Waals surface area contributed by atoms with Crippen LogP contribution in [0.25, 0.3) is 22.5 Å². The van der Waals surface area contributed by atoms with Crippen molar-refractivity contribution < 1.29 is 13.9 Å². The second-order valence-electron chi connectivity index (χ2n) is 8.30. The average molecular weight is 412 g/mol. The molecule has 0 radical (unpaired) electrons. The molecule has 0 spiro atoms. The van der Waals surface area contributed by atoms with Crippen LogP contribution < -0.4 is 5.32 Å². The first kappa shape index (κ1) is 20.6. The van der Waals surface area contributed by atoms with Crippen LogP contribution in [0.4, 0.5) is 0 Å². The van der Waals surface area contributed by atoms with Crippen LogP contribution in [-0.2, 0) is 11.8 Å². The van der Waals surface area contributed by atoms with E-state index in [1.165, 1.54) is 0 Å². The Kier molecular flexibility index (Phi) is 5.87. The van der Waals surface area contributed by atoms with Gasteiger partial charge in [-0.05, 0) is 31.0 Å². The monoisotopic (exact) mass is 411 g/mol. The van der Waals surface area contributed by atoms with Gasteiger partial charge in [-0.2, -0.15) is 5.10 Å². The molecule has 1 amide bonds. The summed E-state index contributed by atoms with van der Waals surface area (Å²) >= 11 is 0. The van der Waals surface area contributed by atoms with Crippen molar-refractivity contribution in [2.75, 3.05) is 32.8 Å². The standard InChI is InChI=1S/C22H29N5O3/c1-14(2)12-27-7-9-29-16(13-27)11-23-22(28)17-10-18(19-6-5-8-30-19)24-21-20(17)15(3)25-26(21)4/h5-6,8,10,14,16H,7,9,11-13H2,1-4H3,(H,23,28). The number of carbonyl (C=O) groups is 1. The van der Waals surface area contributed by atoms with Gasteiger partial charge in [-0.3, -0.25) is 14.4 Å². The Balaban J connectivity index is 1.55. The second-order valence-corrected chi connectivity index (χ2v) is 8.30. The van der Waals surface area contributed by atoms with Gasteiger partial charge in [0, 0.05) is 33.2 Å². The number of hydrogen-bond acceptors (Lipinski definition) is 6. The molecule has 1 aliphatic rings. The number of ether oxygens (including phenoxy) is 1. The number of morpholine rings is 1. The van der Waals surface area contributed by atoms with E-state index in [2.05, 4.69) is 34.1 Å². The third-order valence-electron chi connectivity index (χ3n) is 5.32. The number of aryl methyl sites for hydroxylation is 2. The summed E-state index contributed by atoms with van der Waals surface area (Å²) in [7, 11) is 1.83. The average Bonchev–Trinajstić information content (AvgIpc) is 3.34. The number of rotatable bonds is 6. The molecular weight excluding hydrogens is 382 g/mol. The number of aromatic nitrogens is 3. The molecule has 0 aliphatic carbocycles. The Labute approximate surface area is 176 Å². The van der Waals surface area contributed by atoms with Gasteiger partial charge >= 0.3 is 0 Å². The van der Waals surface area contributed by atoms with Gasteiger partial charge in [0.15, 0.2) is 11.4 Å². The molecule has 1 unspecified atom stereocenters. The lowest BCUT2D eigenvalue weighted by atomic mass is 10.1. The highest BCUT2D eigenvalue weighted by Crippen LogP contribution is 2.27. The van der Waals surface area contributed by atoms with E-state index in [0.717, 1.165) is 30.7 Å². The molecule has 1 aliphatic heterocycles. The Morgan fingerprint density at radius 3 is 2.97 bits per heavy atom. The molecule has 1 saturated heterocycles. The Bertz CT molecular complexity index is 1030. The van der Waals surface area contributed by atoms with Gasteiger partial charge in [-0.1, -0.05) is 13.8 Å². The highest BCUT2D eigenvalue weighted by atomic mass is 16.5. The van der Waals surface area contributed by atoms with Gasteiger partial charge in [0.05, 0.1) is 35.6 Å². The van der Waals surface area contributed by atoms with Crippen LogP contribution in [0, 0.1) is 12.8 Å². The highest BCUT2D eigenvalue weighted by molar-refractivity contribution is 6.07. The largest absolute Gasteiger partial charge is 0.463 e. The molecule has 0 saturated carbocycles. The smallest absolute Gasteiger partial charge is 0.252 e. The van der Waals surface area contributed by atoms with Crippen molar-refractivity contribution in [1.82, 2.24) is 25.0 Å². The van der Waals surface area contributed by atoms with E-state index in [-0.39, 0.29) is 12.0 Å². The minimum atomic E-state index is -0.157. The van der Waals surface area contributed by atoms with E-state index in [0.29, 0.717) is 41.7 Å². The lowest BCUT2D eigenvalue weighted by Crippen LogP contribution is -2.48. The normalized spacial score (nSPS) is 17.7. The lowest BCUT2D eigenvalue weighted by Gasteiger charge is -2.34. The van der Waals surface area contributed by atoms with Crippen molar-refractivity contribution in [1.29, 1.82) is 0 Å². The highest BCUT2D eigenvalue weighted by Gasteiger charge is 2.24. The maximum atomic E-state index is 13.2. The fourth-order valence-electron chi connectivity index (χ4n) is 4.06. The summed E-state index contributed by atoms with van der Waals surface area (Å²) in [5.41, 5.74) is 2.58. The number of carbonyl (C=O) groups excluding carboxylic acids is 1. The second kappa shape index (κ2) is 8.57. The minimum absolute atomic E-state index is 0.0154. The summed E-state index contributed by atoms with van der Waals surface area (Å²) < 4.78 is 13.1. The summed E-state index contributed by atoms with van der Waals surface area (Å²) in [4.78, 5) is 20.2. The number of hydrogen-bond donors (Lipinski definition) is 1. The van der Waals surface area contributed by atoms with Crippen molar-refractivity contribution in [3.05, 3.63) is 35.7 Å². The van der Waals surface area contributed by atoms with Gasteiger partial charge in [0.25, 0.3) is 5.91 Å². The van der Waals surface area contributed by atoms with Gasteiger partial charge in [-0.15, -0.1) is 0 Å². The van der Waals surface area contributed by atoms with E-state index in [1.807, 2.05) is 20.0 Å². The van der Waals surface area contributed by atoms with Crippen molar-refractivity contribution >= 4 is 16.9 Å². The van der Waals surface area contributed by atoms with Crippen LogP contribution in [-0.4, -0.2) is 64.5 Å². The topological polar surface area (TPSA) is 85.4 Å². The maximum absolute atomic E-state index is 13.2. The van der Waals surface area contributed by atoms with Crippen LogP contribution in [0.5, 0.6) is 0 Å². The van der Waals surface area contributed by atoms with E-state index in [9.17, 15) is 4.79 Å². The zero-order valence-corrected chi connectivity index (χ0v) is 18.0. The molecule has 1 N–H and O–H groups in total. The maximum Gasteiger partial charge on any atom is 0.252 e. The molecule has 30 heavy (non-hydrogen) atoms. The van der Waals surface area contributed by atoms with Gasteiger partial charge < -0.3 is 14.5 Å². The van der Waals surface area contributed by atoms with Crippen LogP contribution in [0.3, 0.4) is 0 Å². The molecule has 3 aromatic heterocycles. The molecule has 8 heteroatoms. The predicted octanol–water partition coefficient (Wildman–Crippen LogP) is 2.62. The van der Waals surface area contributed by atoms with Crippen molar-refractivity contribution in [3.8, 4) is 11.5 Å². The molecule has 8 nitrogen and oxygen atoms in total. The summed E-state index contributed by atoms with van der Waals surface area (Å²) in [5.74, 6) is 1.07. The zero-order chi connectivity index (χ0) is 21.3. The summed E-state index contributed by atoms with van der Waals surface area (Å²) in [6.45, 7) is 10.3. The molecule has 1 atom stereocenters. The molecule has 4 rings (SSSR count). The van der Waals surface area contributed by atoms with E-state index < -0.39 is 0 Å². The first-order chi connectivity index (χ1) is 14.4. The first-order valence-corrected chi connectivity index (χ1v) is 10.4. The molecule has 1 fully saturated rings. The number of fused-ring (bicyclic) bond motifs is 1. The molecule has 0 bridgehead atoms. The van der Waals surface area contributed by atoms with Crippen molar-refractivity contribution in [2.45, 2.75) is 26.9 Å². The fraction of sp³-hybridized carbons (Fsp3) is 0.500.